The van der Waals surface area contributed by atoms with Crippen molar-refractivity contribution in [3.8, 4) is 11.5 Å². The number of hydrogen-bond acceptors (Lipinski definition) is 4. The van der Waals surface area contributed by atoms with Crippen molar-refractivity contribution in [3.05, 3.63) is 71.9 Å². The molecule has 2 N–H and O–H groups in total. The number of ether oxygens (including phenoxy) is 2. The predicted molar refractivity (Wildman–Crippen MR) is 129 cm³/mol. The molecule has 4 aromatic rings. The molecule has 3 aromatic carbocycles. The third-order valence-electron chi connectivity index (χ3n) is 7.18. The van der Waals surface area contributed by atoms with E-state index in [1.54, 1.807) is 7.11 Å². The van der Waals surface area contributed by atoms with Gasteiger partial charge in [-0.15, -0.1) is 0 Å². The average molecular weight is 428 g/mol. The van der Waals surface area contributed by atoms with Gasteiger partial charge in [-0.2, -0.15) is 0 Å². The van der Waals surface area contributed by atoms with Gasteiger partial charge in [-0.25, -0.2) is 0 Å². The molecule has 1 aromatic heterocycles. The van der Waals surface area contributed by atoms with E-state index in [2.05, 4.69) is 69.8 Å². The van der Waals surface area contributed by atoms with Crippen LogP contribution in [0.25, 0.3) is 21.7 Å². The van der Waals surface area contributed by atoms with Gasteiger partial charge in [-0.1, -0.05) is 30.3 Å². The highest BCUT2D eigenvalue weighted by Crippen LogP contribution is 2.40. The van der Waals surface area contributed by atoms with Gasteiger partial charge in [0.1, 0.15) is 18.1 Å². The molecule has 3 heterocycles. The smallest absolute Gasteiger partial charge is 0.120 e. The molecular weight excluding hydrogens is 398 g/mol. The van der Waals surface area contributed by atoms with Crippen LogP contribution in [0, 0.1) is 0 Å². The second-order valence-electron chi connectivity index (χ2n) is 9.03. The van der Waals surface area contributed by atoms with E-state index < -0.39 is 0 Å². The fourth-order valence-corrected chi connectivity index (χ4v) is 5.51. The Bertz CT molecular complexity index is 1280. The molecule has 1 saturated heterocycles. The van der Waals surface area contributed by atoms with Crippen LogP contribution in [-0.2, 0) is 12.0 Å². The van der Waals surface area contributed by atoms with E-state index in [9.17, 15) is 0 Å². The summed E-state index contributed by atoms with van der Waals surface area (Å²) in [5.41, 5.74) is 4.02. The SMILES string of the molecule is COc1ccc2[nH]c3c(c2c1)CCNC31CCN(CCOc2ccc3ccccc3c2)C1. The van der Waals surface area contributed by atoms with Crippen LogP contribution in [0.1, 0.15) is 17.7 Å². The lowest BCUT2D eigenvalue weighted by Gasteiger charge is -2.35. The lowest BCUT2D eigenvalue weighted by molar-refractivity contribution is 0.218. The van der Waals surface area contributed by atoms with Crippen LogP contribution in [0.2, 0.25) is 0 Å². The van der Waals surface area contributed by atoms with Gasteiger partial charge in [0.25, 0.3) is 0 Å². The summed E-state index contributed by atoms with van der Waals surface area (Å²) < 4.78 is 11.6. The van der Waals surface area contributed by atoms with Crippen LogP contribution < -0.4 is 14.8 Å². The fraction of sp³-hybridized carbons (Fsp3) is 0.333. The number of aromatic nitrogens is 1. The first-order valence-corrected chi connectivity index (χ1v) is 11.5. The first-order chi connectivity index (χ1) is 15.7. The normalized spacial score (nSPS) is 20.8. The highest BCUT2D eigenvalue weighted by atomic mass is 16.5. The van der Waals surface area contributed by atoms with Gasteiger partial charge in [0, 0.05) is 42.8 Å². The van der Waals surface area contributed by atoms with Crippen molar-refractivity contribution in [1.29, 1.82) is 0 Å². The number of rotatable bonds is 5. The zero-order valence-electron chi connectivity index (χ0n) is 18.5. The summed E-state index contributed by atoms with van der Waals surface area (Å²) >= 11 is 0. The maximum Gasteiger partial charge on any atom is 0.120 e. The molecule has 32 heavy (non-hydrogen) atoms. The Labute approximate surface area is 188 Å². The maximum atomic E-state index is 6.11. The van der Waals surface area contributed by atoms with E-state index in [4.69, 9.17) is 9.47 Å². The van der Waals surface area contributed by atoms with Crippen LogP contribution in [0.5, 0.6) is 11.5 Å². The van der Waals surface area contributed by atoms with Crippen LogP contribution in [0.4, 0.5) is 0 Å². The highest BCUT2D eigenvalue weighted by Gasteiger charge is 2.43. The van der Waals surface area contributed by atoms with Crippen molar-refractivity contribution in [2.75, 3.05) is 39.9 Å². The molecular formula is C27H29N3O2. The van der Waals surface area contributed by atoms with Crippen molar-refractivity contribution < 1.29 is 9.47 Å². The van der Waals surface area contributed by atoms with Crippen molar-refractivity contribution in [2.24, 2.45) is 0 Å². The number of methoxy groups -OCH3 is 1. The predicted octanol–water partition coefficient (Wildman–Crippen LogP) is 4.46. The summed E-state index contributed by atoms with van der Waals surface area (Å²) in [6.45, 7) is 4.72. The Morgan fingerprint density at radius 3 is 2.78 bits per heavy atom. The number of fused-ring (bicyclic) bond motifs is 5. The van der Waals surface area contributed by atoms with Gasteiger partial charge in [-0.3, -0.25) is 4.90 Å². The van der Waals surface area contributed by atoms with Crippen molar-refractivity contribution in [2.45, 2.75) is 18.4 Å². The van der Waals surface area contributed by atoms with E-state index in [1.165, 1.54) is 32.9 Å². The quantitative estimate of drug-likeness (QED) is 0.494. The second-order valence-corrected chi connectivity index (χ2v) is 9.03. The monoisotopic (exact) mass is 427 g/mol. The molecule has 0 saturated carbocycles. The minimum atomic E-state index is 0.00277. The molecule has 2 aliphatic rings. The van der Waals surface area contributed by atoms with E-state index in [1.807, 2.05) is 6.07 Å². The molecule has 1 spiro atoms. The van der Waals surface area contributed by atoms with Crippen molar-refractivity contribution >= 4 is 21.7 Å². The summed E-state index contributed by atoms with van der Waals surface area (Å²) in [6.07, 6.45) is 2.16. The molecule has 0 aliphatic carbocycles. The van der Waals surface area contributed by atoms with E-state index >= 15 is 0 Å². The zero-order valence-corrected chi connectivity index (χ0v) is 18.5. The topological polar surface area (TPSA) is 49.5 Å². The second kappa shape index (κ2) is 7.84. The summed E-state index contributed by atoms with van der Waals surface area (Å²) in [4.78, 5) is 6.27. The number of H-pyrrole nitrogens is 1. The molecule has 1 atom stereocenters. The lowest BCUT2D eigenvalue weighted by Crippen LogP contribution is -2.49. The molecule has 0 radical (unpaired) electrons. The molecule has 0 amide bonds. The zero-order chi connectivity index (χ0) is 21.5. The molecule has 5 nitrogen and oxygen atoms in total. The summed E-state index contributed by atoms with van der Waals surface area (Å²) in [6, 6.07) is 21.1. The van der Waals surface area contributed by atoms with Gasteiger partial charge >= 0.3 is 0 Å². The number of nitrogens with zero attached hydrogens (tertiary/aromatic N) is 1. The van der Waals surface area contributed by atoms with Gasteiger partial charge in [0.2, 0.25) is 0 Å². The van der Waals surface area contributed by atoms with Gasteiger partial charge in [0.05, 0.1) is 12.6 Å². The molecule has 2 aliphatic heterocycles. The summed E-state index contributed by atoms with van der Waals surface area (Å²) in [5, 5.41) is 7.63. The van der Waals surface area contributed by atoms with Crippen molar-refractivity contribution in [1.82, 2.24) is 15.2 Å². The van der Waals surface area contributed by atoms with Crippen LogP contribution in [-0.4, -0.2) is 49.8 Å². The van der Waals surface area contributed by atoms with E-state index in [0.29, 0.717) is 6.61 Å². The number of nitrogens with one attached hydrogen (secondary N) is 2. The summed E-state index contributed by atoms with van der Waals surface area (Å²) in [7, 11) is 1.73. The standard InChI is InChI=1S/C27H29N3O2/c1-31-21-8-9-25-24(17-21)23-10-12-28-27(26(23)29-25)11-13-30(18-27)14-15-32-22-7-6-19-4-2-3-5-20(19)16-22/h2-9,16-17,28-29H,10-15,18H2,1H3. The number of likely N-dealkylation sites (tertiary alicyclic amines) is 1. The van der Waals surface area contributed by atoms with Crippen LogP contribution in [0.15, 0.2) is 60.7 Å². The van der Waals surface area contributed by atoms with E-state index in [-0.39, 0.29) is 5.54 Å². The van der Waals surface area contributed by atoms with Crippen LogP contribution in [0.3, 0.4) is 0 Å². The Morgan fingerprint density at radius 2 is 1.88 bits per heavy atom. The maximum absolute atomic E-state index is 6.11. The van der Waals surface area contributed by atoms with Gasteiger partial charge in [0.15, 0.2) is 0 Å². The van der Waals surface area contributed by atoms with Gasteiger partial charge in [-0.05, 0) is 59.5 Å². The Balaban J connectivity index is 1.16. The lowest BCUT2D eigenvalue weighted by atomic mass is 9.86. The number of hydrogen-bond donors (Lipinski definition) is 2. The molecule has 0 bridgehead atoms. The minimum absolute atomic E-state index is 0.00277. The number of aromatic amines is 1. The first-order valence-electron chi connectivity index (χ1n) is 11.5. The van der Waals surface area contributed by atoms with Crippen LogP contribution >= 0.6 is 0 Å². The molecule has 164 valence electrons. The Morgan fingerprint density at radius 1 is 1.00 bits per heavy atom. The third-order valence-corrected chi connectivity index (χ3v) is 7.18. The first kappa shape index (κ1) is 19.6. The molecule has 1 unspecified atom stereocenters. The molecule has 1 fully saturated rings. The minimum Gasteiger partial charge on any atom is -0.497 e. The number of benzene rings is 3. The van der Waals surface area contributed by atoms with Crippen molar-refractivity contribution in [3.63, 3.8) is 0 Å². The fourth-order valence-electron chi connectivity index (χ4n) is 5.51. The Hall–Kier alpha value is -3.02. The molecule has 6 rings (SSSR count). The average Bonchev–Trinajstić information content (AvgIpc) is 3.41. The highest BCUT2D eigenvalue weighted by molar-refractivity contribution is 5.87. The largest absolute Gasteiger partial charge is 0.497 e. The van der Waals surface area contributed by atoms with Gasteiger partial charge < -0.3 is 19.8 Å². The molecule has 5 heteroatoms. The summed E-state index contributed by atoms with van der Waals surface area (Å²) in [5.74, 6) is 1.87. The Kier molecular flexibility index (Phi) is 4.81. The van der Waals surface area contributed by atoms with E-state index in [0.717, 1.165) is 50.5 Å². The third kappa shape index (κ3) is 3.33.